The lowest BCUT2D eigenvalue weighted by Crippen LogP contribution is -2.26. The average molecular weight is 400 g/mol. The molecule has 6 heteroatoms. The van der Waals surface area contributed by atoms with E-state index < -0.39 is 0 Å². The zero-order chi connectivity index (χ0) is 19.8. The fourth-order valence-electron chi connectivity index (χ4n) is 3.57. The molecule has 150 valence electrons. The number of carbonyl (C=O) groups is 2. The number of unbranched alkanes of at least 4 members (excludes halogenated alkanes) is 1. The molecular weight excluding hydrogens is 370 g/mol. The molecule has 28 heavy (non-hydrogen) atoms. The van der Waals surface area contributed by atoms with Gasteiger partial charge in [-0.15, -0.1) is 11.3 Å². The van der Waals surface area contributed by atoms with Crippen LogP contribution in [0.25, 0.3) is 0 Å². The van der Waals surface area contributed by atoms with E-state index in [2.05, 4.69) is 21.0 Å². The molecule has 1 saturated carbocycles. The van der Waals surface area contributed by atoms with Gasteiger partial charge in [0.25, 0.3) is 5.91 Å². The van der Waals surface area contributed by atoms with E-state index in [1.165, 1.54) is 6.42 Å². The molecule has 5 nitrogen and oxygen atoms in total. The van der Waals surface area contributed by atoms with E-state index in [-0.39, 0.29) is 17.7 Å². The SMILES string of the molecule is Cc1csc(CCCCNC(=O)c2cccc(NC(=O)C3CCCCC3)c2)n1. The van der Waals surface area contributed by atoms with E-state index >= 15 is 0 Å². The summed E-state index contributed by atoms with van der Waals surface area (Å²) in [7, 11) is 0. The second kappa shape index (κ2) is 10.4. The van der Waals surface area contributed by atoms with Crippen LogP contribution in [0.2, 0.25) is 0 Å². The highest BCUT2D eigenvalue weighted by Crippen LogP contribution is 2.25. The first-order valence-electron chi connectivity index (χ1n) is 10.2. The molecule has 0 bridgehead atoms. The normalized spacial score (nSPS) is 14.6. The first-order chi connectivity index (χ1) is 13.6. The average Bonchev–Trinajstić information content (AvgIpc) is 3.13. The lowest BCUT2D eigenvalue weighted by atomic mass is 9.88. The quantitative estimate of drug-likeness (QED) is 0.631. The van der Waals surface area contributed by atoms with E-state index in [1.54, 1.807) is 23.5 Å². The largest absolute Gasteiger partial charge is 0.352 e. The van der Waals surface area contributed by atoms with Crippen LogP contribution < -0.4 is 10.6 Å². The summed E-state index contributed by atoms with van der Waals surface area (Å²) in [5, 5.41) is 9.17. The number of nitrogens with one attached hydrogen (secondary N) is 2. The minimum absolute atomic E-state index is 0.0784. The summed E-state index contributed by atoms with van der Waals surface area (Å²) < 4.78 is 0. The minimum atomic E-state index is -0.0983. The maximum absolute atomic E-state index is 12.4. The monoisotopic (exact) mass is 399 g/mol. The molecule has 1 heterocycles. The Hall–Kier alpha value is -2.21. The van der Waals surface area contributed by atoms with Crippen molar-refractivity contribution in [1.82, 2.24) is 10.3 Å². The fourth-order valence-corrected chi connectivity index (χ4v) is 4.39. The van der Waals surface area contributed by atoms with Crippen LogP contribution in [0, 0.1) is 12.8 Å². The summed E-state index contributed by atoms with van der Waals surface area (Å²) in [4.78, 5) is 29.2. The molecule has 1 fully saturated rings. The van der Waals surface area contributed by atoms with Crippen molar-refractivity contribution in [1.29, 1.82) is 0 Å². The number of aryl methyl sites for hydroxylation is 2. The highest BCUT2D eigenvalue weighted by atomic mass is 32.1. The first kappa shape index (κ1) is 20.5. The summed E-state index contributed by atoms with van der Waals surface area (Å²) in [5.41, 5.74) is 2.35. The molecule has 1 aromatic carbocycles. The Balaban J connectivity index is 1.42. The van der Waals surface area contributed by atoms with Gasteiger partial charge in [-0.05, 0) is 57.2 Å². The third-order valence-corrected chi connectivity index (χ3v) is 6.16. The third kappa shape index (κ3) is 6.16. The Morgan fingerprint density at radius 3 is 2.75 bits per heavy atom. The number of hydrogen-bond donors (Lipinski definition) is 2. The Morgan fingerprint density at radius 1 is 1.18 bits per heavy atom. The second-order valence-electron chi connectivity index (χ2n) is 7.50. The van der Waals surface area contributed by atoms with Crippen LogP contribution in [0.3, 0.4) is 0 Å². The topological polar surface area (TPSA) is 71.1 Å². The molecule has 0 atom stereocenters. The van der Waals surface area contributed by atoms with Crippen LogP contribution in [0.5, 0.6) is 0 Å². The molecule has 0 aliphatic heterocycles. The van der Waals surface area contributed by atoms with Crippen LogP contribution in [0.15, 0.2) is 29.6 Å². The summed E-state index contributed by atoms with van der Waals surface area (Å²) in [6, 6.07) is 7.20. The van der Waals surface area contributed by atoms with Crippen LogP contribution in [-0.2, 0) is 11.2 Å². The van der Waals surface area contributed by atoms with Crippen molar-refractivity contribution in [3.8, 4) is 0 Å². The highest BCUT2D eigenvalue weighted by molar-refractivity contribution is 7.09. The fraction of sp³-hybridized carbons (Fsp3) is 0.500. The predicted octanol–water partition coefficient (Wildman–Crippen LogP) is 4.72. The molecule has 1 aliphatic carbocycles. The molecule has 1 aromatic heterocycles. The predicted molar refractivity (Wildman–Crippen MR) is 114 cm³/mol. The van der Waals surface area contributed by atoms with Crippen molar-refractivity contribution in [2.24, 2.45) is 5.92 Å². The van der Waals surface area contributed by atoms with Crippen molar-refractivity contribution >= 4 is 28.8 Å². The second-order valence-corrected chi connectivity index (χ2v) is 8.44. The first-order valence-corrected chi connectivity index (χ1v) is 11.1. The number of amides is 2. The maximum Gasteiger partial charge on any atom is 0.251 e. The number of thiazole rings is 1. The number of aromatic nitrogens is 1. The van der Waals surface area contributed by atoms with Crippen molar-refractivity contribution in [3.05, 3.63) is 45.9 Å². The van der Waals surface area contributed by atoms with Gasteiger partial charge in [-0.25, -0.2) is 4.98 Å². The van der Waals surface area contributed by atoms with Crippen LogP contribution in [-0.4, -0.2) is 23.3 Å². The molecule has 0 saturated heterocycles. The van der Waals surface area contributed by atoms with Gasteiger partial charge < -0.3 is 10.6 Å². The molecule has 0 spiro atoms. The van der Waals surface area contributed by atoms with Crippen LogP contribution >= 0.6 is 11.3 Å². The van der Waals surface area contributed by atoms with E-state index in [0.717, 1.165) is 55.6 Å². The molecule has 1 aliphatic rings. The molecule has 2 amide bonds. The van der Waals surface area contributed by atoms with Crippen molar-refractivity contribution in [3.63, 3.8) is 0 Å². The van der Waals surface area contributed by atoms with E-state index in [4.69, 9.17) is 0 Å². The molecule has 3 rings (SSSR count). The number of carbonyl (C=O) groups excluding carboxylic acids is 2. The smallest absolute Gasteiger partial charge is 0.251 e. The van der Waals surface area contributed by atoms with Crippen molar-refractivity contribution < 1.29 is 9.59 Å². The minimum Gasteiger partial charge on any atom is -0.352 e. The summed E-state index contributed by atoms with van der Waals surface area (Å²) >= 11 is 1.69. The van der Waals surface area contributed by atoms with Crippen molar-refractivity contribution in [2.75, 3.05) is 11.9 Å². The number of nitrogens with zero attached hydrogens (tertiary/aromatic N) is 1. The molecular formula is C22H29N3O2S. The van der Waals surface area contributed by atoms with Gasteiger partial charge in [0.1, 0.15) is 0 Å². The van der Waals surface area contributed by atoms with Gasteiger partial charge in [0, 0.05) is 34.8 Å². The lowest BCUT2D eigenvalue weighted by Gasteiger charge is -2.20. The van der Waals surface area contributed by atoms with Gasteiger partial charge in [0.05, 0.1) is 5.01 Å². The van der Waals surface area contributed by atoms with E-state index in [0.29, 0.717) is 17.8 Å². The Labute approximate surface area is 171 Å². The Morgan fingerprint density at radius 2 is 2.00 bits per heavy atom. The Bertz CT molecular complexity index is 797. The molecule has 0 radical (unpaired) electrons. The molecule has 0 unspecified atom stereocenters. The summed E-state index contributed by atoms with van der Waals surface area (Å²) in [6.07, 6.45) is 8.29. The molecule has 2 N–H and O–H groups in total. The number of anilines is 1. The third-order valence-electron chi connectivity index (χ3n) is 5.14. The Kier molecular flexibility index (Phi) is 7.60. The number of benzene rings is 1. The standard InChI is InChI=1S/C22H29N3O2S/c1-16-15-28-20(24-16)12-5-6-13-23-21(26)18-10-7-11-19(14-18)25-22(27)17-8-3-2-4-9-17/h7,10-11,14-15,17H,2-6,8-9,12-13H2,1H3,(H,23,26)(H,25,27). The number of hydrogen-bond acceptors (Lipinski definition) is 4. The maximum atomic E-state index is 12.4. The van der Waals surface area contributed by atoms with E-state index in [9.17, 15) is 9.59 Å². The van der Waals surface area contributed by atoms with Crippen molar-refractivity contribution in [2.45, 2.75) is 58.3 Å². The van der Waals surface area contributed by atoms with Gasteiger partial charge in [0.2, 0.25) is 5.91 Å². The van der Waals surface area contributed by atoms with Gasteiger partial charge in [-0.2, -0.15) is 0 Å². The number of rotatable bonds is 8. The summed E-state index contributed by atoms with van der Waals surface area (Å²) in [5.74, 6) is 0.0846. The summed E-state index contributed by atoms with van der Waals surface area (Å²) in [6.45, 7) is 2.65. The molecule has 2 aromatic rings. The van der Waals surface area contributed by atoms with Crippen LogP contribution in [0.1, 0.15) is 66.0 Å². The van der Waals surface area contributed by atoms with E-state index in [1.807, 2.05) is 19.1 Å². The highest BCUT2D eigenvalue weighted by Gasteiger charge is 2.21. The zero-order valence-corrected chi connectivity index (χ0v) is 17.3. The van der Waals surface area contributed by atoms with Gasteiger partial charge in [0.15, 0.2) is 0 Å². The van der Waals surface area contributed by atoms with Crippen LogP contribution in [0.4, 0.5) is 5.69 Å². The van der Waals surface area contributed by atoms with Gasteiger partial charge in [-0.1, -0.05) is 25.3 Å². The van der Waals surface area contributed by atoms with Gasteiger partial charge >= 0.3 is 0 Å². The lowest BCUT2D eigenvalue weighted by molar-refractivity contribution is -0.120. The zero-order valence-electron chi connectivity index (χ0n) is 16.5. The van der Waals surface area contributed by atoms with Gasteiger partial charge in [-0.3, -0.25) is 9.59 Å².